The average molecular weight is 471 g/mol. The van der Waals surface area contributed by atoms with Gasteiger partial charge in [0.05, 0.1) is 19.7 Å². The number of ether oxygens (including phenoxy) is 2. The first-order valence-electron chi connectivity index (χ1n) is 11.7. The van der Waals surface area contributed by atoms with Gasteiger partial charge in [-0.05, 0) is 56.5 Å². The predicted molar refractivity (Wildman–Crippen MR) is 117 cm³/mol. The van der Waals surface area contributed by atoms with Gasteiger partial charge < -0.3 is 23.2 Å². The summed E-state index contributed by atoms with van der Waals surface area (Å²) >= 11 is 0. The lowest BCUT2D eigenvalue weighted by Crippen LogP contribution is -2.62. The van der Waals surface area contributed by atoms with Crippen LogP contribution < -0.4 is 9.64 Å². The van der Waals surface area contributed by atoms with Gasteiger partial charge in [-0.2, -0.15) is 0 Å². The number of hydrogen-bond acceptors (Lipinski definition) is 10. The number of aryl methyl sites for hydroxylation is 1. The minimum Gasteiger partial charge on any atom is -0.484 e. The third kappa shape index (κ3) is 4.14. The molecule has 2 aromatic heterocycles. The van der Waals surface area contributed by atoms with Gasteiger partial charge in [0.25, 0.3) is 5.89 Å². The summed E-state index contributed by atoms with van der Waals surface area (Å²) in [4.78, 5) is 4.57. The molecule has 3 fully saturated rings. The van der Waals surface area contributed by atoms with E-state index in [4.69, 9.17) is 18.3 Å². The van der Waals surface area contributed by atoms with Crippen LogP contribution in [0.25, 0.3) is 0 Å². The molecule has 5 heterocycles. The molecule has 3 saturated heterocycles. The third-order valence-corrected chi connectivity index (χ3v) is 7.14. The summed E-state index contributed by atoms with van der Waals surface area (Å²) in [7, 11) is 0. The van der Waals surface area contributed by atoms with E-state index >= 15 is 0 Å². The zero-order chi connectivity index (χ0) is 23.1. The molecular formula is C23H27FN6O4. The maximum atomic E-state index is 14.1. The highest BCUT2D eigenvalue weighted by atomic mass is 19.1. The van der Waals surface area contributed by atoms with Crippen molar-refractivity contribution in [1.82, 2.24) is 25.3 Å². The van der Waals surface area contributed by atoms with Gasteiger partial charge in [-0.25, -0.2) is 4.39 Å². The van der Waals surface area contributed by atoms with Crippen molar-refractivity contribution in [2.24, 2.45) is 0 Å². The number of hydrogen-bond donors (Lipinski definition) is 0. The van der Waals surface area contributed by atoms with E-state index in [2.05, 4.69) is 30.2 Å². The summed E-state index contributed by atoms with van der Waals surface area (Å²) in [5, 5.41) is 15.5. The van der Waals surface area contributed by atoms with E-state index in [-0.39, 0.29) is 23.9 Å². The first kappa shape index (κ1) is 21.5. The van der Waals surface area contributed by atoms with E-state index in [9.17, 15) is 4.39 Å². The van der Waals surface area contributed by atoms with Crippen molar-refractivity contribution in [2.45, 2.75) is 50.4 Å². The van der Waals surface area contributed by atoms with Crippen molar-refractivity contribution < 1.29 is 22.7 Å². The molecule has 0 amide bonds. The third-order valence-electron chi connectivity index (χ3n) is 7.14. The lowest BCUT2D eigenvalue weighted by molar-refractivity contribution is -0.0216. The van der Waals surface area contributed by atoms with Crippen LogP contribution >= 0.6 is 0 Å². The standard InChI is InChI=1S/C23H27FN6O4/c1-15-26-27-21(34-15)11-31-20-3-2-17(24)8-19(20)16-4-6-29(7-5-16)18-9-23(33-10-18)12-30(13-23)22-28-25-14-32-22/h2-3,8,14,16,18H,4-7,9-13H2,1H3/t18-/m0/s1. The fourth-order valence-corrected chi connectivity index (χ4v) is 5.45. The maximum absolute atomic E-state index is 14.1. The summed E-state index contributed by atoms with van der Waals surface area (Å²) < 4.78 is 37.0. The molecule has 3 aliphatic heterocycles. The summed E-state index contributed by atoms with van der Waals surface area (Å²) in [6.45, 7) is 6.10. The largest absolute Gasteiger partial charge is 0.484 e. The van der Waals surface area contributed by atoms with Crippen LogP contribution in [-0.2, 0) is 11.3 Å². The number of halogens is 1. The van der Waals surface area contributed by atoms with Crippen molar-refractivity contribution in [3.8, 4) is 5.75 Å². The Hall–Kier alpha value is -3.05. The maximum Gasteiger partial charge on any atom is 0.318 e. The molecule has 10 nitrogen and oxygen atoms in total. The molecule has 1 atom stereocenters. The Labute approximate surface area is 196 Å². The molecule has 0 radical (unpaired) electrons. The minimum absolute atomic E-state index is 0.118. The first-order valence-corrected chi connectivity index (χ1v) is 11.7. The Morgan fingerprint density at radius 3 is 2.76 bits per heavy atom. The van der Waals surface area contributed by atoms with Crippen LogP contribution in [0.1, 0.15) is 42.5 Å². The number of nitrogens with zero attached hydrogens (tertiary/aromatic N) is 6. The molecular weight excluding hydrogens is 443 g/mol. The van der Waals surface area contributed by atoms with Crippen molar-refractivity contribution in [1.29, 1.82) is 0 Å². The summed E-state index contributed by atoms with van der Waals surface area (Å²) in [6.07, 6.45) is 4.23. The summed E-state index contributed by atoms with van der Waals surface area (Å²) in [5.41, 5.74) is 0.788. The molecule has 0 bridgehead atoms. The van der Waals surface area contributed by atoms with E-state index in [0.717, 1.165) is 57.6 Å². The molecule has 180 valence electrons. The lowest BCUT2D eigenvalue weighted by atomic mass is 9.86. The van der Waals surface area contributed by atoms with Crippen molar-refractivity contribution >= 4 is 6.01 Å². The molecule has 11 heteroatoms. The Balaban J connectivity index is 1.05. The minimum atomic E-state index is -0.250. The van der Waals surface area contributed by atoms with Gasteiger partial charge in [0, 0.05) is 18.5 Å². The zero-order valence-corrected chi connectivity index (χ0v) is 19.0. The van der Waals surface area contributed by atoms with E-state index in [1.165, 1.54) is 12.5 Å². The summed E-state index contributed by atoms with van der Waals surface area (Å²) in [6, 6.07) is 5.68. The van der Waals surface area contributed by atoms with Crippen LogP contribution in [0.3, 0.4) is 0 Å². The van der Waals surface area contributed by atoms with Gasteiger partial charge in [0.15, 0.2) is 6.61 Å². The van der Waals surface area contributed by atoms with E-state index < -0.39 is 0 Å². The van der Waals surface area contributed by atoms with Crippen molar-refractivity contribution in [3.63, 3.8) is 0 Å². The predicted octanol–water partition coefficient (Wildman–Crippen LogP) is 2.71. The summed E-state index contributed by atoms with van der Waals surface area (Å²) in [5.74, 6) is 1.56. The normalized spacial score (nSPS) is 22.9. The highest BCUT2D eigenvalue weighted by Crippen LogP contribution is 2.41. The fourth-order valence-electron chi connectivity index (χ4n) is 5.45. The Morgan fingerprint density at radius 1 is 1.18 bits per heavy atom. The van der Waals surface area contributed by atoms with Gasteiger partial charge in [0.2, 0.25) is 12.3 Å². The van der Waals surface area contributed by atoms with Gasteiger partial charge >= 0.3 is 6.01 Å². The van der Waals surface area contributed by atoms with Gasteiger partial charge in [-0.1, -0.05) is 5.10 Å². The van der Waals surface area contributed by atoms with Crippen molar-refractivity contribution in [2.75, 3.05) is 37.7 Å². The van der Waals surface area contributed by atoms with Crippen LogP contribution in [0, 0.1) is 12.7 Å². The lowest BCUT2D eigenvalue weighted by Gasteiger charge is -2.46. The van der Waals surface area contributed by atoms with Crippen LogP contribution in [0.2, 0.25) is 0 Å². The van der Waals surface area contributed by atoms with E-state index in [1.54, 1.807) is 19.1 Å². The second-order valence-corrected chi connectivity index (χ2v) is 9.43. The first-order chi connectivity index (χ1) is 16.6. The molecule has 0 saturated carbocycles. The van der Waals surface area contributed by atoms with Gasteiger partial charge in [-0.3, -0.25) is 4.90 Å². The Kier molecular flexibility index (Phi) is 5.45. The molecule has 1 aromatic carbocycles. The molecule has 34 heavy (non-hydrogen) atoms. The quantitative estimate of drug-likeness (QED) is 0.534. The Bertz CT molecular complexity index is 1120. The van der Waals surface area contributed by atoms with Crippen LogP contribution in [0.4, 0.5) is 10.4 Å². The zero-order valence-electron chi connectivity index (χ0n) is 19.0. The molecule has 6 rings (SSSR count). The second kappa shape index (κ2) is 8.62. The number of aromatic nitrogens is 4. The van der Waals surface area contributed by atoms with Gasteiger partial charge in [0.1, 0.15) is 17.2 Å². The number of anilines is 1. The van der Waals surface area contributed by atoms with Crippen LogP contribution in [0.5, 0.6) is 5.75 Å². The number of benzene rings is 1. The number of likely N-dealkylation sites (tertiary alicyclic amines) is 1. The number of piperidine rings is 1. The fraction of sp³-hybridized carbons (Fsp3) is 0.565. The SMILES string of the molecule is Cc1nnc(COc2ccc(F)cc2C2CCN([C@@H]3COC4(C3)CN(c3nnco3)C4)CC2)o1. The molecule has 0 unspecified atom stereocenters. The Morgan fingerprint density at radius 2 is 2.03 bits per heavy atom. The van der Waals surface area contributed by atoms with E-state index in [0.29, 0.717) is 29.6 Å². The topological polar surface area (TPSA) is 103 Å². The van der Waals surface area contributed by atoms with Gasteiger partial charge in [-0.15, -0.1) is 15.3 Å². The second-order valence-electron chi connectivity index (χ2n) is 9.43. The highest BCUT2D eigenvalue weighted by Gasteiger charge is 2.52. The smallest absolute Gasteiger partial charge is 0.318 e. The molecule has 3 aliphatic rings. The van der Waals surface area contributed by atoms with Crippen LogP contribution in [-0.4, -0.2) is 69.7 Å². The van der Waals surface area contributed by atoms with Crippen LogP contribution in [0.15, 0.2) is 33.4 Å². The van der Waals surface area contributed by atoms with E-state index in [1.807, 2.05) is 0 Å². The average Bonchev–Trinajstić information content (AvgIpc) is 3.58. The molecule has 1 spiro atoms. The highest BCUT2D eigenvalue weighted by molar-refractivity contribution is 5.37. The van der Waals surface area contributed by atoms with Crippen molar-refractivity contribution in [3.05, 3.63) is 47.8 Å². The molecule has 3 aromatic rings. The number of rotatable bonds is 6. The molecule has 0 N–H and O–H groups in total. The monoisotopic (exact) mass is 470 g/mol. The molecule has 0 aliphatic carbocycles.